The molecule has 0 saturated heterocycles. The molecule has 3 N–H and O–H groups in total. The maximum Gasteiger partial charge on any atom is 0.316 e. The van der Waals surface area contributed by atoms with Crippen LogP contribution in [0, 0.1) is 0 Å². The summed E-state index contributed by atoms with van der Waals surface area (Å²) in [6.07, 6.45) is 0. The van der Waals surface area contributed by atoms with Gasteiger partial charge in [0.1, 0.15) is 5.70 Å². The van der Waals surface area contributed by atoms with Crippen molar-refractivity contribution in [3.05, 3.63) is 12.3 Å². The van der Waals surface area contributed by atoms with Crippen LogP contribution in [-0.2, 0) is 4.79 Å². The average molecular weight is 157 g/mol. The van der Waals surface area contributed by atoms with Crippen LogP contribution in [-0.4, -0.2) is 30.9 Å². The number of nitrogens with two attached hydrogens (primary N) is 1. The van der Waals surface area contributed by atoms with Crippen LogP contribution >= 0.6 is 0 Å². The molecule has 0 aliphatic carbocycles. The lowest BCUT2D eigenvalue weighted by Gasteiger charge is -2.11. The molecule has 0 spiro atoms. The van der Waals surface area contributed by atoms with E-state index in [9.17, 15) is 9.59 Å². The lowest BCUT2D eigenvalue weighted by Crippen LogP contribution is -2.36. The number of amides is 3. The van der Waals surface area contributed by atoms with E-state index in [4.69, 9.17) is 5.73 Å². The zero-order valence-corrected chi connectivity index (χ0v) is 6.55. The predicted molar refractivity (Wildman–Crippen MR) is 40.6 cm³/mol. The molecule has 0 aromatic carbocycles. The lowest BCUT2D eigenvalue weighted by atomic mass is 10.4. The van der Waals surface area contributed by atoms with Crippen molar-refractivity contribution < 1.29 is 9.59 Å². The standard InChI is InChI=1S/C6H11N3O2/c1-4(8-6(7)11)5(10)9(2)3/h1H2,2-3H3,(H3,7,8,11). The molecule has 5 nitrogen and oxygen atoms in total. The molecular weight excluding hydrogens is 146 g/mol. The quantitative estimate of drug-likeness (QED) is 0.518. The van der Waals surface area contributed by atoms with E-state index in [0.717, 1.165) is 0 Å². The maximum atomic E-state index is 10.9. The lowest BCUT2D eigenvalue weighted by molar-refractivity contribution is -0.125. The van der Waals surface area contributed by atoms with Crippen LogP contribution in [0.15, 0.2) is 12.3 Å². The SMILES string of the molecule is C=C(NC(N)=O)C(=O)N(C)C. The molecule has 0 aliphatic rings. The molecule has 11 heavy (non-hydrogen) atoms. The van der Waals surface area contributed by atoms with Gasteiger partial charge < -0.3 is 16.0 Å². The van der Waals surface area contributed by atoms with Gasteiger partial charge in [-0.05, 0) is 0 Å². The first-order chi connectivity index (χ1) is 4.95. The van der Waals surface area contributed by atoms with Gasteiger partial charge >= 0.3 is 6.03 Å². The highest BCUT2D eigenvalue weighted by molar-refractivity contribution is 5.95. The smallest absolute Gasteiger partial charge is 0.316 e. The van der Waals surface area contributed by atoms with E-state index in [0.29, 0.717) is 0 Å². The van der Waals surface area contributed by atoms with Crippen molar-refractivity contribution in [3.8, 4) is 0 Å². The molecule has 0 saturated carbocycles. The van der Waals surface area contributed by atoms with Gasteiger partial charge in [-0.1, -0.05) is 6.58 Å². The van der Waals surface area contributed by atoms with Crippen molar-refractivity contribution in [2.75, 3.05) is 14.1 Å². The summed E-state index contributed by atoms with van der Waals surface area (Å²) >= 11 is 0. The summed E-state index contributed by atoms with van der Waals surface area (Å²) in [6, 6.07) is -0.787. The van der Waals surface area contributed by atoms with E-state index in [1.807, 2.05) is 0 Å². The normalized spacial score (nSPS) is 8.55. The molecule has 5 heteroatoms. The number of primary amides is 1. The summed E-state index contributed by atoms with van der Waals surface area (Å²) in [4.78, 5) is 22.4. The summed E-state index contributed by atoms with van der Waals surface area (Å²) in [7, 11) is 3.10. The second kappa shape index (κ2) is 3.60. The number of carbonyl (C=O) groups excluding carboxylic acids is 2. The summed E-state index contributed by atoms with van der Waals surface area (Å²) in [5.41, 5.74) is 4.72. The van der Waals surface area contributed by atoms with Crippen LogP contribution in [0.4, 0.5) is 4.79 Å². The van der Waals surface area contributed by atoms with Crippen molar-refractivity contribution in [1.82, 2.24) is 10.2 Å². The highest BCUT2D eigenvalue weighted by atomic mass is 16.2. The van der Waals surface area contributed by atoms with Crippen LogP contribution in [0.1, 0.15) is 0 Å². The largest absolute Gasteiger partial charge is 0.351 e. The van der Waals surface area contributed by atoms with E-state index in [2.05, 4.69) is 11.9 Å². The Balaban J connectivity index is 4.05. The van der Waals surface area contributed by atoms with Crippen molar-refractivity contribution >= 4 is 11.9 Å². The van der Waals surface area contributed by atoms with Gasteiger partial charge in [0, 0.05) is 14.1 Å². The van der Waals surface area contributed by atoms with Gasteiger partial charge in [0.15, 0.2) is 0 Å². The predicted octanol–water partition coefficient (Wildman–Crippen LogP) is -0.743. The first-order valence-electron chi connectivity index (χ1n) is 2.92. The number of rotatable bonds is 2. The average Bonchev–Trinajstić information content (AvgIpc) is 1.84. The minimum Gasteiger partial charge on any atom is -0.351 e. The fraction of sp³-hybridized carbons (Fsp3) is 0.333. The molecule has 0 bridgehead atoms. The number of hydrogen-bond acceptors (Lipinski definition) is 2. The highest BCUT2D eigenvalue weighted by Gasteiger charge is 2.09. The maximum absolute atomic E-state index is 10.9. The molecule has 0 heterocycles. The summed E-state index contributed by atoms with van der Waals surface area (Å²) in [6.45, 7) is 3.31. The van der Waals surface area contributed by atoms with Gasteiger partial charge in [-0.25, -0.2) is 4.79 Å². The first-order valence-corrected chi connectivity index (χ1v) is 2.92. The molecule has 0 radical (unpaired) electrons. The van der Waals surface area contributed by atoms with Gasteiger partial charge in [0.2, 0.25) is 0 Å². The van der Waals surface area contributed by atoms with Crippen LogP contribution in [0.25, 0.3) is 0 Å². The highest BCUT2D eigenvalue weighted by Crippen LogP contribution is 1.88. The Labute approximate surface area is 64.8 Å². The molecule has 0 atom stereocenters. The number of carbonyl (C=O) groups is 2. The van der Waals surface area contributed by atoms with Gasteiger partial charge in [-0.3, -0.25) is 4.79 Å². The Hall–Kier alpha value is -1.52. The van der Waals surface area contributed by atoms with Gasteiger partial charge in [0.05, 0.1) is 0 Å². The molecule has 0 aliphatic heterocycles. The van der Waals surface area contributed by atoms with Gasteiger partial charge in [-0.2, -0.15) is 0 Å². The molecule has 3 amide bonds. The van der Waals surface area contributed by atoms with Crippen molar-refractivity contribution in [3.63, 3.8) is 0 Å². The molecular formula is C6H11N3O2. The Morgan fingerprint density at radius 3 is 2.18 bits per heavy atom. The van der Waals surface area contributed by atoms with E-state index in [-0.39, 0.29) is 11.6 Å². The minimum absolute atomic E-state index is 0.0255. The number of hydrogen-bond donors (Lipinski definition) is 2. The molecule has 0 aromatic rings. The Morgan fingerprint density at radius 1 is 1.45 bits per heavy atom. The second-order valence-electron chi connectivity index (χ2n) is 2.17. The van der Waals surface area contributed by atoms with Crippen LogP contribution in [0.3, 0.4) is 0 Å². The Kier molecular flexibility index (Phi) is 3.10. The summed E-state index contributed by atoms with van der Waals surface area (Å²) in [5, 5.41) is 2.08. The van der Waals surface area contributed by atoms with Crippen molar-refractivity contribution in [2.45, 2.75) is 0 Å². The van der Waals surface area contributed by atoms with Crippen LogP contribution in [0.2, 0.25) is 0 Å². The third kappa shape index (κ3) is 3.24. The number of nitrogens with zero attached hydrogens (tertiary/aromatic N) is 1. The van der Waals surface area contributed by atoms with Crippen molar-refractivity contribution in [2.24, 2.45) is 5.73 Å². The van der Waals surface area contributed by atoms with Gasteiger partial charge in [0.25, 0.3) is 5.91 Å². The minimum atomic E-state index is -0.787. The molecule has 62 valence electrons. The first kappa shape index (κ1) is 9.48. The van der Waals surface area contributed by atoms with Crippen molar-refractivity contribution in [1.29, 1.82) is 0 Å². The Morgan fingerprint density at radius 2 is 1.91 bits per heavy atom. The fourth-order valence-corrected chi connectivity index (χ4v) is 0.472. The zero-order chi connectivity index (χ0) is 9.02. The molecule has 0 aromatic heterocycles. The van der Waals surface area contributed by atoms with Crippen LogP contribution < -0.4 is 11.1 Å². The van der Waals surface area contributed by atoms with Crippen LogP contribution in [0.5, 0.6) is 0 Å². The van der Waals surface area contributed by atoms with Gasteiger partial charge in [-0.15, -0.1) is 0 Å². The second-order valence-corrected chi connectivity index (χ2v) is 2.17. The Bertz CT molecular complexity index is 198. The zero-order valence-electron chi connectivity index (χ0n) is 6.55. The van der Waals surface area contributed by atoms with E-state index in [1.54, 1.807) is 14.1 Å². The molecule has 0 unspecified atom stereocenters. The van der Waals surface area contributed by atoms with E-state index < -0.39 is 6.03 Å². The third-order valence-electron chi connectivity index (χ3n) is 0.938. The summed E-state index contributed by atoms with van der Waals surface area (Å²) in [5.74, 6) is -0.371. The molecule has 0 rings (SSSR count). The van der Waals surface area contributed by atoms with E-state index >= 15 is 0 Å². The molecule has 0 fully saturated rings. The number of likely N-dealkylation sites (N-methyl/N-ethyl adjacent to an activating group) is 1. The topological polar surface area (TPSA) is 75.4 Å². The van der Waals surface area contributed by atoms with E-state index in [1.165, 1.54) is 4.90 Å². The summed E-state index contributed by atoms with van der Waals surface area (Å²) < 4.78 is 0. The third-order valence-corrected chi connectivity index (χ3v) is 0.938. The number of urea groups is 1. The monoisotopic (exact) mass is 157 g/mol. The fourth-order valence-electron chi connectivity index (χ4n) is 0.472. The number of nitrogens with one attached hydrogen (secondary N) is 1.